The second kappa shape index (κ2) is 27.2. The maximum absolute atomic E-state index is 14.0. The van der Waals surface area contributed by atoms with Gasteiger partial charge in [0, 0.05) is 23.6 Å². The van der Waals surface area contributed by atoms with Crippen molar-refractivity contribution in [1.29, 1.82) is 0 Å². The number of thiazole rings is 1. The van der Waals surface area contributed by atoms with Crippen LogP contribution in [0.25, 0.3) is 6.08 Å². The van der Waals surface area contributed by atoms with Gasteiger partial charge in [-0.2, -0.15) is 0 Å². The van der Waals surface area contributed by atoms with Gasteiger partial charge in [-0.3, -0.25) is 43.2 Å². The number of rotatable bonds is 14. The predicted molar refractivity (Wildman–Crippen MR) is 247 cm³/mol. The van der Waals surface area contributed by atoms with E-state index >= 15 is 0 Å². The monoisotopic (exact) mass is 1020 g/mol. The van der Waals surface area contributed by atoms with Gasteiger partial charge >= 0.3 is 29.6 Å². The van der Waals surface area contributed by atoms with Crippen molar-refractivity contribution in [3.8, 4) is 11.5 Å². The van der Waals surface area contributed by atoms with Crippen molar-refractivity contribution in [3.05, 3.63) is 81.8 Å². The predicted octanol–water partition coefficient (Wildman–Crippen LogP) is -4.06. The van der Waals surface area contributed by atoms with Crippen LogP contribution in [0, 0.1) is 5.92 Å². The smallest absolute Gasteiger partial charge is 0.748 e. The summed E-state index contributed by atoms with van der Waals surface area (Å²) in [5.41, 5.74) is 0.885. The molecule has 372 valence electrons. The summed E-state index contributed by atoms with van der Waals surface area (Å²) in [4.78, 5) is 126. The summed E-state index contributed by atoms with van der Waals surface area (Å²) in [5, 5.41) is 40.2. The van der Waals surface area contributed by atoms with Crippen LogP contribution >= 0.6 is 11.3 Å². The van der Waals surface area contributed by atoms with Crippen LogP contribution in [-0.2, 0) is 54.9 Å². The number of aromatic nitrogens is 1. The quantitative estimate of drug-likeness (QED) is 0.0417. The van der Waals surface area contributed by atoms with Gasteiger partial charge in [0.05, 0.1) is 40.2 Å². The summed E-state index contributed by atoms with van der Waals surface area (Å²) >= 11 is 1.04. The molecule has 0 unspecified atom stereocenters. The van der Waals surface area contributed by atoms with Crippen molar-refractivity contribution in [1.82, 2.24) is 47.5 Å². The second-order valence-corrected chi connectivity index (χ2v) is 18.4. The molecule has 0 aliphatic carbocycles. The largest absolute Gasteiger partial charge is 1.00 e. The van der Waals surface area contributed by atoms with Crippen LogP contribution in [0.5, 0.6) is 11.5 Å². The summed E-state index contributed by atoms with van der Waals surface area (Å²) in [6, 6.07) is 2.07. The minimum Gasteiger partial charge on any atom is -0.748 e. The molecule has 1 aromatic heterocycles. The number of hydrogen-bond donors (Lipinski definition) is 10. The molecule has 0 saturated heterocycles. The third kappa shape index (κ3) is 18.2. The summed E-state index contributed by atoms with van der Waals surface area (Å²) in [6.07, 6.45) is 2.67. The van der Waals surface area contributed by atoms with Crippen molar-refractivity contribution in [2.24, 2.45) is 5.92 Å². The number of carbonyl (C=O) groups excluding carboxylic acids is 9. The average Bonchev–Trinajstić information content (AvgIpc) is 3.78. The van der Waals surface area contributed by atoms with E-state index in [1.165, 1.54) is 54.8 Å². The van der Waals surface area contributed by atoms with Gasteiger partial charge in [-0.05, 0) is 73.7 Å². The van der Waals surface area contributed by atoms with Gasteiger partial charge in [-0.1, -0.05) is 45.7 Å². The first kappa shape index (κ1) is 58.1. The van der Waals surface area contributed by atoms with E-state index in [2.05, 4.69) is 47.5 Å². The average molecular weight is 1020 g/mol. The van der Waals surface area contributed by atoms with Crippen LogP contribution in [-0.4, -0.2) is 130 Å². The number of nitrogens with zero attached hydrogens (tertiary/aromatic N) is 1. The number of nitrogens with one attached hydrogen (secondary N) is 8. The fraction of sp³-hybridized carbons (Fsp3) is 0.409. The summed E-state index contributed by atoms with van der Waals surface area (Å²) < 4.78 is 35.7. The van der Waals surface area contributed by atoms with Crippen molar-refractivity contribution in [3.63, 3.8) is 0 Å². The number of aromatic hydroxyl groups is 2. The van der Waals surface area contributed by atoms with Gasteiger partial charge in [0.2, 0.25) is 41.2 Å². The van der Waals surface area contributed by atoms with Crippen LogP contribution in [0.4, 0.5) is 0 Å². The van der Waals surface area contributed by atoms with E-state index in [0.29, 0.717) is 12.0 Å². The molecule has 0 fully saturated rings. The fourth-order valence-electron chi connectivity index (χ4n) is 6.59. The van der Waals surface area contributed by atoms with Gasteiger partial charge in [0.25, 0.3) is 11.8 Å². The van der Waals surface area contributed by atoms with Crippen molar-refractivity contribution < 1.29 is 95.9 Å². The Morgan fingerprint density at radius 3 is 2.10 bits per heavy atom. The van der Waals surface area contributed by atoms with E-state index in [1.807, 2.05) is 0 Å². The number of Topliss-reactive ketones (excluding diaryl/α,β-unsaturated/α-hetero) is 1. The van der Waals surface area contributed by atoms with Crippen molar-refractivity contribution in [2.75, 3.05) is 18.8 Å². The molecule has 0 spiro atoms. The standard InChI is InChI=1S/C44H55N9O14S2.Na/c1-5-7-30-41(62)53-36(23(3)6-2)37(58)43(64)51-31(18-25-8-13-28(54)14-9-25)44-48-27(21-68-44)12-17-34(56)49-33(22-69(65,66)67)40(61)45-19-32(42(63)50-30)52-38(59)24(4)47-35(57)20-46-39(60)26-10-15-29(55)16-11-26;/h8-17,21,23-24,30-33,36,54-55H,5-7,18-20,22H2,1-4H3,(H,45,61)(H,46,60)(H,47,57)(H,49,56)(H,50,63)(H,51,64)(H,52,59)(H,53,62)(H,65,66,67);/q;+1/p-1/b17-12+;/t23-,24-,30-,31-,32-,33-,36-;/m0./s1. The van der Waals surface area contributed by atoms with E-state index in [4.69, 9.17) is 0 Å². The Morgan fingerprint density at radius 2 is 1.49 bits per heavy atom. The number of benzene rings is 2. The molecule has 26 heteroatoms. The van der Waals surface area contributed by atoms with Gasteiger partial charge in [0.15, 0.2) is 0 Å². The molecule has 0 radical (unpaired) electrons. The zero-order valence-corrected chi connectivity index (χ0v) is 42.5. The van der Waals surface area contributed by atoms with E-state index in [9.17, 15) is 66.3 Å². The molecule has 70 heavy (non-hydrogen) atoms. The van der Waals surface area contributed by atoms with Crippen molar-refractivity contribution in [2.45, 2.75) is 89.6 Å². The van der Waals surface area contributed by atoms with Gasteiger partial charge < -0.3 is 57.3 Å². The molecule has 23 nitrogen and oxygen atoms in total. The van der Waals surface area contributed by atoms with Crippen molar-refractivity contribution >= 4 is 80.6 Å². The summed E-state index contributed by atoms with van der Waals surface area (Å²) in [5.74, 6) is -11.2. The zero-order chi connectivity index (χ0) is 51.0. The maximum Gasteiger partial charge on any atom is 1.00 e. The van der Waals surface area contributed by atoms with Crippen LogP contribution in [0.15, 0.2) is 60.0 Å². The molecule has 3 aromatic rings. The molecule has 10 N–H and O–H groups in total. The molecule has 1 aliphatic heterocycles. The van der Waals surface area contributed by atoms with E-state index in [-0.39, 0.29) is 76.6 Å². The molecule has 1 aliphatic rings. The molecular formula is C44H54N9NaO14S2. The number of fused-ring (bicyclic) bond motifs is 2. The second-order valence-electron chi connectivity index (χ2n) is 16.0. The van der Waals surface area contributed by atoms with Gasteiger partial charge in [-0.25, -0.2) is 13.4 Å². The molecule has 2 aromatic carbocycles. The Labute approximate surface area is 429 Å². The molecular weight excluding hydrogens is 966 g/mol. The minimum atomic E-state index is -5.20. The SMILES string of the molecule is CCC[C@@H]1NC(=O)[C@@H](NC(=O)[C@H](C)NC(=O)CNC(=O)c2ccc(O)cc2)CNC(=O)[C@H](CS(=O)(=O)[O-])NC(=O)/C=C/c2csc(n2)[C@H](Cc2ccc(O)cc2)NC(=O)C(=O)[C@H]([C@@H](C)CC)NC1=O.[Na+]. The molecule has 0 saturated carbocycles. The third-order valence-electron chi connectivity index (χ3n) is 10.6. The number of phenols is 2. The molecule has 7 atom stereocenters. The number of amides is 8. The summed E-state index contributed by atoms with van der Waals surface area (Å²) in [6.45, 7) is 4.79. The normalized spacial score (nSPS) is 21.0. The molecule has 2 heterocycles. The molecule has 8 amide bonds. The number of hydrogen-bond acceptors (Lipinski definition) is 16. The first-order valence-electron chi connectivity index (χ1n) is 21.6. The Bertz CT molecular complexity index is 2520. The van der Waals surface area contributed by atoms with Gasteiger partial charge in [-0.15, -0.1) is 11.3 Å². The van der Waals surface area contributed by atoms with Crippen LogP contribution < -0.4 is 72.1 Å². The number of carbonyl (C=O) groups is 9. The molecule has 2 bridgehead atoms. The zero-order valence-electron chi connectivity index (χ0n) is 38.9. The topological polar surface area (TPSA) is 360 Å². The van der Waals surface area contributed by atoms with E-state index in [0.717, 1.165) is 17.4 Å². The Morgan fingerprint density at radius 1 is 0.843 bits per heavy atom. The van der Waals surface area contributed by atoms with Crippen LogP contribution in [0.3, 0.4) is 0 Å². The maximum atomic E-state index is 14.0. The van der Waals surface area contributed by atoms with Crippen LogP contribution in [0.1, 0.15) is 79.6 Å². The Kier molecular flexibility index (Phi) is 22.6. The number of phenolic OH excluding ortho intramolecular Hbond substituents is 2. The van der Waals surface area contributed by atoms with E-state index < -0.39 is 124 Å². The fourth-order valence-corrected chi connectivity index (χ4v) is 8.07. The first-order valence-corrected chi connectivity index (χ1v) is 24.1. The summed E-state index contributed by atoms with van der Waals surface area (Å²) in [7, 11) is -5.20. The van der Waals surface area contributed by atoms with Gasteiger partial charge in [0.1, 0.15) is 40.7 Å². The Balaban J connectivity index is 0.0000130. The first-order chi connectivity index (χ1) is 32.6. The van der Waals surface area contributed by atoms with E-state index in [1.54, 1.807) is 32.9 Å². The molecule has 4 rings (SSSR count). The minimum absolute atomic E-state index is 0. The third-order valence-corrected chi connectivity index (χ3v) is 12.3. The number of ketones is 1. The van der Waals surface area contributed by atoms with Crippen LogP contribution in [0.2, 0.25) is 0 Å². The Hall–Kier alpha value is -6.25.